The normalized spacial score (nSPS) is 13.7. The van der Waals surface area contributed by atoms with Crippen LogP contribution in [0, 0.1) is 0 Å². The largest absolute Gasteiger partial charge is 0.467 e. The lowest BCUT2D eigenvalue weighted by Gasteiger charge is -2.20. The molecule has 2 N–H and O–H groups in total. The first kappa shape index (κ1) is 15.6. The molecule has 1 amide bonds. The molecule has 0 saturated heterocycles. The Bertz CT molecular complexity index is 566. The number of halogens is 1. The summed E-state index contributed by atoms with van der Waals surface area (Å²) in [4.78, 5) is 12.0. The number of rotatable bonds is 6. The van der Waals surface area contributed by atoms with Crippen molar-refractivity contribution in [2.75, 3.05) is 0 Å². The SMILES string of the molecule is CC(N[C@H](C)c1ccc(Cl)cc1)C(=O)NCc1ccco1. The van der Waals surface area contributed by atoms with Gasteiger partial charge in [0.05, 0.1) is 18.8 Å². The van der Waals surface area contributed by atoms with E-state index in [0.29, 0.717) is 11.6 Å². The third-order valence-electron chi connectivity index (χ3n) is 3.28. The summed E-state index contributed by atoms with van der Waals surface area (Å²) in [6.45, 7) is 4.25. The molecule has 0 spiro atoms. The van der Waals surface area contributed by atoms with Crippen molar-refractivity contribution in [1.29, 1.82) is 0 Å². The van der Waals surface area contributed by atoms with Gasteiger partial charge in [-0.25, -0.2) is 0 Å². The van der Waals surface area contributed by atoms with Crippen LogP contribution < -0.4 is 10.6 Å². The molecule has 1 aromatic heterocycles. The van der Waals surface area contributed by atoms with Gasteiger partial charge < -0.3 is 9.73 Å². The van der Waals surface area contributed by atoms with Crippen LogP contribution in [0.1, 0.15) is 31.2 Å². The first-order valence-corrected chi connectivity index (χ1v) is 7.25. The maximum absolute atomic E-state index is 12.0. The molecule has 0 fully saturated rings. The highest BCUT2D eigenvalue weighted by atomic mass is 35.5. The van der Waals surface area contributed by atoms with E-state index in [9.17, 15) is 4.79 Å². The Kier molecular flexibility index (Phi) is 5.42. The summed E-state index contributed by atoms with van der Waals surface area (Å²) in [6, 6.07) is 11.0. The molecule has 0 radical (unpaired) electrons. The number of benzene rings is 1. The van der Waals surface area contributed by atoms with E-state index >= 15 is 0 Å². The molecule has 4 nitrogen and oxygen atoms in total. The molecular weight excluding hydrogens is 288 g/mol. The Labute approximate surface area is 129 Å². The minimum absolute atomic E-state index is 0.0617. The molecule has 5 heteroatoms. The maximum atomic E-state index is 12.0. The van der Waals surface area contributed by atoms with Gasteiger partial charge in [0.15, 0.2) is 0 Å². The Balaban J connectivity index is 1.83. The van der Waals surface area contributed by atoms with Crippen LogP contribution in [0.15, 0.2) is 47.1 Å². The number of amides is 1. The molecule has 0 bridgehead atoms. The molecular formula is C16H19ClN2O2. The lowest BCUT2D eigenvalue weighted by atomic mass is 10.1. The summed E-state index contributed by atoms with van der Waals surface area (Å²) in [6.07, 6.45) is 1.59. The number of nitrogens with one attached hydrogen (secondary N) is 2. The Morgan fingerprint density at radius 1 is 1.24 bits per heavy atom. The van der Waals surface area contributed by atoms with Gasteiger partial charge in [-0.05, 0) is 43.7 Å². The van der Waals surface area contributed by atoms with Gasteiger partial charge in [0, 0.05) is 11.1 Å². The maximum Gasteiger partial charge on any atom is 0.237 e. The molecule has 0 aliphatic carbocycles. The van der Waals surface area contributed by atoms with E-state index in [1.165, 1.54) is 0 Å². The van der Waals surface area contributed by atoms with Crippen molar-refractivity contribution in [3.63, 3.8) is 0 Å². The second-order valence-corrected chi connectivity index (χ2v) is 5.40. The second-order valence-electron chi connectivity index (χ2n) is 4.96. The number of carbonyl (C=O) groups excluding carboxylic acids is 1. The van der Waals surface area contributed by atoms with Gasteiger partial charge in [-0.15, -0.1) is 0 Å². The fraction of sp³-hybridized carbons (Fsp3) is 0.312. The van der Waals surface area contributed by atoms with Crippen LogP contribution in [-0.2, 0) is 11.3 Å². The van der Waals surface area contributed by atoms with Crippen molar-refractivity contribution >= 4 is 17.5 Å². The fourth-order valence-corrected chi connectivity index (χ4v) is 2.16. The fourth-order valence-electron chi connectivity index (χ4n) is 2.04. The van der Waals surface area contributed by atoms with E-state index in [2.05, 4.69) is 10.6 Å². The lowest BCUT2D eigenvalue weighted by molar-refractivity contribution is -0.123. The Morgan fingerprint density at radius 3 is 2.57 bits per heavy atom. The van der Waals surface area contributed by atoms with Crippen molar-refractivity contribution in [3.8, 4) is 0 Å². The van der Waals surface area contributed by atoms with Crippen LogP contribution in [0.4, 0.5) is 0 Å². The zero-order chi connectivity index (χ0) is 15.2. The smallest absolute Gasteiger partial charge is 0.237 e. The van der Waals surface area contributed by atoms with Crippen LogP contribution in [0.5, 0.6) is 0 Å². The summed E-state index contributed by atoms with van der Waals surface area (Å²) in [7, 11) is 0. The van der Waals surface area contributed by atoms with Gasteiger partial charge in [0.1, 0.15) is 5.76 Å². The van der Waals surface area contributed by atoms with Gasteiger partial charge in [0.2, 0.25) is 5.91 Å². The quantitative estimate of drug-likeness (QED) is 0.861. The van der Waals surface area contributed by atoms with E-state index in [0.717, 1.165) is 11.3 Å². The van der Waals surface area contributed by atoms with Crippen molar-refractivity contribution in [2.24, 2.45) is 0 Å². The van der Waals surface area contributed by atoms with Crippen molar-refractivity contribution in [2.45, 2.75) is 32.5 Å². The summed E-state index contributed by atoms with van der Waals surface area (Å²) in [5, 5.41) is 6.80. The number of hydrogen-bond acceptors (Lipinski definition) is 3. The van der Waals surface area contributed by atoms with Gasteiger partial charge >= 0.3 is 0 Å². The van der Waals surface area contributed by atoms with Crippen molar-refractivity contribution in [1.82, 2.24) is 10.6 Å². The molecule has 1 unspecified atom stereocenters. The second kappa shape index (κ2) is 7.29. The molecule has 0 aliphatic rings. The molecule has 21 heavy (non-hydrogen) atoms. The minimum atomic E-state index is -0.300. The van der Waals surface area contributed by atoms with Crippen LogP contribution in [0.2, 0.25) is 5.02 Å². The van der Waals surface area contributed by atoms with E-state index < -0.39 is 0 Å². The monoisotopic (exact) mass is 306 g/mol. The van der Waals surface area contributed by atoms with Crippen LogP contribution in [-0.4, -0.2) is 11.9 Å². The molecule has 0 saturated carbocycles. The van der Waals surface area contributed by atoms with Crippen molar-refractivity contribution in [3.05, 3.63) is 59.0 Å². The zero-order valence-corrected chi connectivity index (χ0v) is 12.9. The third kappa shape index (κ3) is 4.62. The highest BCUT2D eigenvalue weighted by Crippen LogP contribution is 2.16. The van der Waals surface area contributed by atoms with Gasteiger partial charge in [-0.1, -0.05) is 23.7 Å². The lowest BCUT2D eigenvalue weighted by Crippen LogP contribution is -2.42. The molecule has 112 valence electrons. The molecule has 2 atom stereocenters. The highest BCUT2D eigenvalue weighted by Gasteiger charge is 2.16. The van der Waals surface area contributed by atoms with Crippen LogP contribution in [0.25, 0.3) is 0 Å². The first-order chi connectivity index (χ1) is 10.1. The standard InChI is InChI=1S/C16H19ClN2O2/c1-11(13-5-7-14(17)8-6-13)19-12(2)16(20)18-10-15-4-3-9-21-15/h3-9,11-12,19H,10H2,1-2H3,(H,18,20)/t11-,12?/m1/s1. The average Bonchev–Trinajstić information content (AvgIpc) is 2.98. The van der Waals surface area contributed by atoms with Crippen LogP contribution in [0.3, 0.4) is 0 Å². The Hall–Kier alpha value is -1.78. The summed E-state index contributed by atoms with van der Waals surface area (Å²) >= 11 is 5.87. The Morgan fingerprint density at radius 2 is 1.95 bits per heavy atom. The summed E-state index contributed by atoms with van der Waals surface area (Å²) < 4.78 is 5.18. The van der Waals surface area contributed by atoms with E-state index in [1.54, 1.807) is 12.3 Å². The number of hydrogen-bond donors (Lipinski definition) is 2. The number of furan rings is 1. The van der Waals surface area contributed by atoms with Crippen LogP contribution >= 0.6 is 11.6 Å². The third-order valence-corrected chi connectivity index (χ3v) is 3.53. The molecule has 1 aromatic carbocycles. The van der Waals surface area contributed by atoms with E-state index in [1.807, 2.05) is 44.2 Å². The van der Waals surface area contributed by atoms with Gasteiger partial charge in [-0.2, -0.15) is 0 Å². The zero-order valence-electron chi connectivity index (χ0n) is 12.1. The van der Waals surface area contributed by atoms with Gasteiger partial charge in [0.25, 0.3) is 0 Å². The minimum Gasteiger partial charge on any atom is -0.467 e. The number of carbonyl (C=O) groups is 1. The predicted octanol–water partition coefficient (Wildman–Crippen LogP) is 3.29. The molecule has 2 aromatic rings. The molecule has 2 rings (SSSR count). The topological polar surface area (TPSA) is 54.3 Å². The van der Waals surface area contributed by atoms with Gasteiger partial charge in [-0.3, -0.25) is 10.1 Å². The summed E-state index contributed by atoms with van der Waals surface area (Å²) in [5.74, 6) is 0.675. The average molecular weight is 307 g/mol. The highest BCUT2D eigenvalue weighted by molar-refractivity contribution is 6.30. The molecule has 1 heterocycles. The van der Waals surface area contributed by atoms with E-state index in [4.69, 9.17) is 16.0 Å². The predicted molar refractivity (Wildman–Crippen MR) is 83.0 cm³/mol. The first-order valence-electron chi connectivity index (χ1n) is 6.88. The van der Waals surface area contributed by atoms with E-state index in [-0.39, 0.29) is 18.0 Å². The molecule has 0 aliphatic heterocycles. The summed E-state index contributed by atoms with van der Waals surface area (Å²) in [5.41, 5.74) is 1.09. The van der Waals surface area contributed by atoms with Crippen molar-refractivity contribution < 1.29 is 9.21 Å².